The summed E-state index contributed by atoms with van der Waals surface area (Å²) in [6, 6.07) is 5.80. The molecule has 7 heteroatoms. The monoisotopic (exact) mass is 271 g/mol. The topological polar surface area (TPSA) is 103 Å². The van der Waals surface area contributed by atoms with E-state index in [1.165, 1.54) is 0 Å². The average molecular weight is 271 g/mol. The minimum atomic E-state index is 0.284. The van der Waals surface area contributed by atoms with Crippen molar-refractivity contribution < 1.29 is 9.26 Å². The Bertz CT molecular complexity index is 733. The highest BCUT2D eigenvalue weighted by atomic mass is 16.5. The number of anilines is 1. The summed E-state index contributed by atoms with van der Waals surface area (Å²) < 4.78 is 10.7. The SMILES string of the molecule is COc1ccc(C)cc1-c1c(N)noc1-c1cn[nH]n1. The first kappa shape index (κ1) is 12.2. The van der Waals surface area contributed by atoms with Crippen LogP contribution in [0.15, 0.2) is 28.9 Å². The number of H-pyrrole nitrogens is 1. The van der Waals surface area contributed by atoms with Gasteiger partial charge in [-0.05, 0) is 19.1 Å². The molecule has 0 aliphatic heterocycles. The van der Waals surface area contributed by atoms with Crippen molar-refractivity contribution in [2.24, 2.45) is 0 Å². The van der Waals surface area contributed by atoms with E-state index in [0.29, 0.717) is 22.8 Å². The molecule has 0 amide bonds. The summed E-state index contributed by atoms with van der Waals surface area (Å²) >= 11 is 0. The molecule has 3 N–H and O–H groups in total. The maximum atomic E-state index is 5.93. The number of nitrogen functional groups attached to an aromatic ring is 1. The molecule has 0 unspecified atom stereocenters. The van der Waals surface area contributed by atoms with E-state index in [-0.39, 0.29) is 5.82 Å². The van der Waals surface area contributed by atoms with E-state index < -0.39 is 0 Å². The number of nitrogens with zero attached hydrogens (tertiary/aromatic N) is 3. The lowest BCUT2D eigenvalue weighted by atomic mass is 10.0. The maximum Gasteiger partial charge on any atom is 0.198 e. The molecule has 3 rings (SSSR count). The molecule has 0 aliphatic rings. The van der Waals surface area contributed by atoms with Gasteiger partial charge in [-0.1, -0.05) is 16.8 Å². The summed E-state index contributed by atoms with van der Waals surface area (Å²) in [5, 5.41) is 14.1. The van der Waals surface area contributed by atoms with Crippen LogP contribution in [0.4, 0.5) is 5.82 Å². The molecule has 0 radical (unpaired) electrons. The molecular formula is C13H13N5O2. The number of methoxy groups -OCH3 is 1. The molecule has 0 spiro atoms. The summed E-state index contributed by atoms with van der Waals surface area (Å²) in [5.41, 5.74) is 9.01. The molecule has 0 atom stereocenters. The third-order valence-corrected chi connectivity index (χ3v) is 2.99. The van der Waals surface area contributed by atoms with Crippen molar-refractivity contribution in [3.63, 3.8) is 0 Å². The van der Waals surface area contributed by atoms with E-state index in [2.05, 4.69) is 20.6 Å². The summed E-state index contributed by atoms with van der Waals surface area (Å²) in [7, 11) is 1.60. The second-order valence-electron chi connectivity index (χ2n) is 4.33. The predicted molar refractivity (Wildman–Crippen MR) is 73.0 cm³/mol. The number of nitrogens with two attached hydrogens (primary N) is 1. The normalized spacial score (nSPS) is 10.7. The summed E-state index contributed by atoms with van der Waals surface area (Å²) in [4.78, 5) is 0. The lowest BCUT2D eigenvalue weighted by Crippen LogP contribution is -1.93. The smallest absolute Gasteiger partial charge is 0.198 e. The zero-order valence-corrected chi connectivity index (χ0v) is 11.0. The number of hydrogen-bond donors (Lipinski definition) is 2. The van der Waals surface area contributed by atoms with Gasteiger partial charge in [0.2, 0.25) is 0 Å². The van der Waals surface area contributed by atoms with Crippen LogP contribution in [0.1, 0.15) is 5.56 Å². The number of hydrogen-bond acceptors (Lipinski definition) is 6. The van der Waals surface area contributed by atoms with Crippen LogP contribution in [0.2, 0.25) is 0 Å². The van der Waals surface area contributed by atoms with Gasteiger partial charge in [0, 0.05) is 5.56 Å². The molecule has 7 nitrogen and oxygen atoms in total. The molecule has 2 heterocycles. The molecule has 0 bridgehead atoms. The largest absolute Gasteiger partial charge is 0.496 e. The highest BCUT2D eigenvalue weighted by Crippen LogP contribution is 2.40. The molecule has 2 aromatic heterocycles. The van der Waals surface area contributed by atoms with Crippen LogP contribution in [-0.4, -0.2) is 27.7 Å². The maximum absolute atomic E-state index is 5.93. The van der Waals surface area contributed by atoms with Gasteiger partial charge in [-0.25, -0.2) is 0 Å². The Hall–Kier alpha value is -2.83. The van der Waals surface area contributed by atoms with Crippen LogP contribution in [0.3, 0.4) is 0 Å². The highest BCUT2D eigenvalue weighted by Gasteiger charge is 2.22. The molecular weight excluding hydrogens is 258 g/mol. The minimum Gasteiger partial charge on any atom is -0.496 e. The Kier molecular flexibility index (Phi) is 2.86. The summed E-state index contributed by atoms with van der Waals surface area (Å²) in [5.74, 6) is 1.43. The Morgan fingerprint density at radius 3 is 2.90 bits per heavy atom. The zero-order chi connectivity index (χ0) is 14.1. The number of ether oxygens (including phenoxy) is 1. The lowest BCUT2D eigenvalue weighted by Gasteiger charge is -2.09. The van der Waals surface area contributed by atoms with E-state index in [0.717, 1.165) is 11.1 Å². The van der Waals surface area contributed by atoms with Gasteiger partial charge >= 0.3 is 0 Å². The van der Waals surface area contributed by atoms with E-state index in [1.54, 1.807) is 13.3 Å². The van der Waals surface area contributed by atoms with Gasteiger partial charge in [-0.2, -0.15) is 15.4 Å². The van der Waals surface area contributed by atoms with Gasteiger partial charge in [0.25, 0.3) is 0 Å². The van der Waals surface area contributed by atoms with Crippen LogP contribution in [0, 0.1) is 6.92 Å². The van der Waals surface area contributed by atoms with Crippen LogP contribution in [0.5, 0.6) is 5.75 Å². The minimum absolute atomic E-state index is 0.284. The molecule has 0 fully saturated rings. The van der Waals surface area contributed by atoms with Crippen molar-refractivity contribution in [1.82, 2.24) is 20.6 Å². The highest BCUT2D eigenvalue weighted by molar-refractivity contribution is 5.88. The molecule has 0 saturated heterocycles. The Balaban J connectivity index is 2.25. The van der Waals surface area contributed by atoms with E-state index in [4.69, 9.17) is 15.0 Å². The third-order valence-electron chi connectivity index (χ3n) is 2.99. The van der Waals surface area contributed by atoms with Crippen LogP contribution < -0.4 is 10.5 Å². The molecule has 1 aromatic carbocycles. The van der Waals surface area contributed by atoms with Gasteiger partial charge in [0.05, 0.1) is 18.9 Å². The van der Waals surface area contributed by atoms with Gasteiger partial charge in [-0.3, -0.25) is 0 Å². The Labute approximate surface area is 114 Å². The van der Waals surface area contributed by atoms with Crippen LogP contribution >= 0.6 is 0 Å². The number of aromatic nitrogens is 4. The fourth-order valence-electron chi connectivity index (χ4n) is 2.07. The van der Waals surface area contributed by atoms with Gasteiger partial charge in [-0.15, -0.1) is 0 Å². The molecule has 3 aromatic rings. The molecule has 0 aliphatic carbocycles. The van der Waals surface area contributed by atoms with Crippen molar-refractivity contribution in [3.05, 3.63) is 30.0 Å². The quantitative estimate of drug-likeness (QED) is 0.755. The van der Waals surface area contributed by atoms with E-state index in [9.17, 15) is 0 Å². The number of nitrogens with one attached hydrogen (secondary N) is 1. The van der Waals surface area contributed by atoms with Gasteiger partial charge in [0.15, 0.2) is 17.3 Å². The first-order valence-corrected chi connectivity index (χ1v) is 5.97. The van der Waals surface area contributed by atoms with Crippen LogP contribution in [0.25, 0.3) is 22.6 Å². The van der Waals surface area contributed by atoms with Crippen molar-refractivity contribution in [2.45, 2.75) is 6.92 Å². The van der Waals surface area contributed by atoms with E-state index in [1.807, 2.05) is 25.1 Å². The predicted octanol–water partition coefficient (Wildman–Crippen LogP) is 2.03. The Morgan fingerprint density at radius 2 is 2.20 bits per heavy atom. The summed E-state index contributed by atoms with van der Waals surface area (Å²) in [6.07, 6.45) is 1.55. The fraction of sp³-hybridized carbons (Fsp3) is 0.154. The first-order chi connectivity index (χ1) is 9.70. The molecule has 20 heavy (non-hydrogen) atoms. The molecule has 0 saturated carbocycles. The summed E-state index contributed by atoms with van der Waals surface area (Å²) in [6.45, 7) is 1.99. The van der Waals surface area contributed by atoms with E-state index >= 15 is 0 Å². The Morgan fingerprint density at radius 1 is 1.35 bits per heavy atom. The van der Waals surface area contributed by atoms with Gasteiger partial charge in [0.1, 0.15) is 5.75 Å². The number of aryl methyl sites for hydroxylation is 1. The number of rotatable bonds is 3. The lowest BCUT2D eigenvalue weighted by molar-refractivity contribution is 0.416. The van der Waals surface area contributed by atoms with Crippen molar-refractivity contribution >= 4 is 5.82 Å². The van der Waals surface area contributed by atoms with Crippen molar-refractivity contribution in [3.8, 4) is 28.3 Å². The average Bonchev–Trinajstić information content (AvgIpc) is 3.07. The number of aromatic amines is 1. The second kappa shape index (κ2) is 4.69. The number of benzene rings is 1. The standard InChI is InChI=1S/C13H13N5O2/c1-7-3-4-10(19-2)8(5-7)11-12(20-17-13(11)14)9-6-15-18-16-9/h3-6H,1-2H3,(H2,14,17)(H,15,16,18). The van der Waals surface area contributed by atoms with Gasteiger partial charge < -0.3 is 15.0 Å². The first-order valence-electron chi connectivity index (χ1n) is 5.97. The van der Waals surface area contributed by atoms with Crippen LogP contribution in [-0.2, 0) is 0 Å². The third kappa shape index (κ3) is 1.89. The van der Waals surface area contributed by atoms with Crippen molar-refractivity contribution in [2.75, 3.05) is 12.8 Å². The molecule has 102 valence electrons. The zero-order valence-electron chi connectivity index (χ0n) is 11.0. The van der Waals surface area contributed by atoms with Crippen molar-refractivity contribution in [1.29, 1.82) is 0 Å². The second-order valence-corrected chi connectivity index (χ2v) is 4.33. The fourth-order valence-corrected chi connectivity index (χ4v) is 2.07.